The molecule has 0 spiro atoms. The van der Waals surface area contributed by atoms with Gasteiger partial charge in [0, 0.05) is 0 Å². The average molecular weight is 208 g/mol. The van der Waals surface area contributed by atoms with Crippen molar-refractivity contribution in [2.45, 2.75) is 63.9 Å². The highest BCUT2D eigenvalue weighted by Crippen LogP contribution is 2.52. The Labute approximate surface area is 93.3 Å². The summed E-state index contributed by atoms with van der Waals surface area (Å²) in [6.07, 6.45) is 10.4. The van der Waals surface area contributed by atoms with Crippen molar-refractivity contribution in [3.05, 3.63) is 0 Å². The maximum absolute atomic E-state index is 10.6. The van der Waals surface area contributed by atoms with Gasteiger partial charge >= 0.3 is 0 Å². The van der Waals surface area contributed by atoms with Gasteiger partial charge in [0.25, 0.3) is 0 Å². The lowest BCUT2D eigenvalue weighted by molar-refractivity contribution is 0.0104. The van der Waals surface area contributed by atoms with Crippen molar-refractivity contribution in [1.29, 1.82) is 0 Å². The molecule has 1 N–H and O–H groups in total. The standard InChI is InChI=1S/C14H24O/c1-10-4-5-14(15,8-10)9-13-7-11-2-3-12(13)6-11/h10-13,15H,2-9H2,1H3. The summed E-state index contributed by atoms with van der Waals surface area (Å²) in [6, 6.07) is 0. The van der Waals surface area contributed by atoms with Gasteiger partial charge in [-0.15, -0.1) is 0 Å². The van der Waals surface area contributed by atoms with E-state index < -0.39 is 0 Å². The first-order valence-electron chi connectivity index (χ1n) is 6.87. The van der Waals surface area contributed by atoms with Gasteiger partial charge < -0.3 is 5.11 Å². The molecule has 3 saturated carbocycles. The number of fused-ring (bicyclic) bond motifs is 2. The SMILES string of the molecule is CC1CCC(O)(CC2CC3CCC2C3)C1. The van der Waals surface area contributed by atoms with Crippen molar-refractivity contribution < 1.29 is 5.11 Å². The van der Waals surface area contributed by atoms with Crippen LogP contribution in [0, 0.1) is 23.7 Å². The van der Waals surface area contributed by atoms with Crippen LogP contribution in [0.5, 0.6) is 0 Å². The van der Waals surface area contributed by atoms with Crippen molar-refractivity contribution in [3.63, 3.8) is 0 Å². The van der Waals surface area contributed by atoms with Gasteiger partial charge in [0.2, 0.25) is 0 Å². The first-order chi connectivity index (χ1) is 7.15. The fourth-order valence-corrected chi connectivity index (χ4v) is 4.67. The van der Waals surface area contributed by atoms with Crippen LogP contribution in [-0.4, -0.2) is 10.7 Å². The highest BCUT2D eigenvalue weighted by atomic mass is 16.3. The molecule has 5 unspecified atom stereocenters. The van der Waals surface area contributed by atoms with Crippen molar-refractivity contribution >= 4 is 0 Å². The average Bonchev–Trinajstić information content (AvgIpc) is 2.82. The van der Waals surface area contributed by atoms with E-state index in [9.17, 15) is 5.11 Å². The minimum Gasteiger partial charge on any atom is -0.390 e. The van der Waals surface area contributed by atoms with Gasteiger partial charge in [-0.25, -0.2) is 0 Å². The van der Waals surface area contributed by atoms with Crippen LogP contribution in [0.25, 0.3) is 0 Å². The van der Waals surface area contributed by atoms with Crippen LogP contribution in [0.3, 0.4) is 0 Å². The van der Waals surface area contributed by atoms with Crippen LogP contribution in [0.4, 0.5) is 0 Å². The molecule has 3 fully saturated rings. The fraction of sp³-hybridized carbons (Fsp3) is 1.00. The second-order valence-electron chi connectivity index (χ2n) is 6.71. The summed E-state index contributed by atoms with van der Waals surface area (Å²) in [5.41, 5.74) is -0.269. The molecule has 5 atom stereocenters. The van der Waals surface area contributed by atoms with Gasteiger partial charge in [-0.2, -0.15) is 0 Å². The van der Waals surface area contributed by atoms with Gasteiger partial charge in [-0.1, -0.05) is 13.3 Å². The van der Waals surface area contributed by atoms with E-state index in [1.54, 1.807) is 0 Å². The Morgan fingerprint density at radius 1 is 1.20 bits per heavy atom. The van der Waals surface area contributed by atoms with Gasteiger partial charge in [0.15, 0.2) is 0 Å². The zero-order valence-electron chi connectivity index (χ0n) is 9.91. The molecule has 0 aliphatic heterocycles. The van der Waals surface area contributed by atoms with E-state index in [-0.39, 0.29) is 5.60 Å². The third-order valence-corrected chi connectivity index (χ3v) is 5.36. The molecule has 0 heterocycles. The van der Waals surface area contributed by atoms with E-state index in [4.69, 9.17) is 0 Å². The lowest BCUT2D eigenvalue weighted by atomic mass is 9.79. The largest absolute Gasteiger partial charge is 0.390 e. The molecular weight excluding hydrogens is 184 g/mol. The molecule has 2 bridgehead atoms. The van der Waals surface area contributed by atoms with Crippen LogP contribution in [0.1, 0.15) is 58.3 Å². The van der Waals surface area contributed by atoms with Crippen molar-refractivity contribution in [1.82, 2.24) is 0 Å². The molecule has 3 aliphatic rings. The molecule has 1 nitrogen and oxygen atoms in total. The van der Waals surface area contributed by atoms with E-state index in [2.05, 4.69) is 6.92 Å². The third kappa shape index (κ3) is 1.84. The fourth-order valence-electron chi connectivity index (χ4n) is 4.67. The lowest BCUT2D eigenvalue weighted by Gasteiger charge is -2.30. The summed E-state index contributed by atoms with van der Waals surface area (Å²) in [7, 11) is 0. The van der Waals surface area contributed by atoms with Gasteiger partial charge in [-0.3, -0.25) is 0 Å². The molecule has 15 heavy (non-hydrogen) atoms. The quantitative estimate of drug-likeness (QED) is 0.737. The lowest BCUT2D eigenvalue weighted by Crippen LogP contribution is -2.30. The number of hydrogen-bond donors (Lipinski definition) is 1. The zero-order chi connectivity index (χ0) is 10.5. The number of aliphatic hydroxyl groups is 1. The first kappa shape index (κ1) is 10.1. The van der Waals surface area contributed by atoms with Crippen molar-refractivity contribution in [2.75, 3.05) is 0 Å². The van der Waals surface area contributed by atoms with Crippen LogP contribution in [0.2, 0.25) is 0 Å². The molecule has 1 heteroatoms. The minimum absolute atomic E-state index is 0.269. The summed E-state index contributed by atoms with van der Waals surface area (Å²) in [5.74, 6) is 3.64. The Morgan fingerprint density at radius 3 is 2.60 bits per heavy atom. The summed E-state index contributed by atoms with van der Waals surface area (Å²) < 4.78 is 0. The van der Waals surface area contributed by atoms with E-state index in [0.717, 1.165) is 42.9 Å². The van der Waals surface area contributed by atoms with Crippen LogP contribution >= 0.6 is 0 Å². The predicted molar refractivity (Wildman–Crippen MR) is 61.5 cm³/mol. The highest BCUT2D eigenvalue weighted by molar-refractivity contribution is 4.96. The van der Waals surface area contributed by atoms with E-state index in [1.165, 1.54) is 32.1 Å². The Bertz CT molecular complexity index is 250. The van der Waals surface area contributed by atoms with E-state index in [1.807, 2.05) is 0 Å². The molecule has 3 aliphatic carbocycles. The number of hydrogen-bond acceptors (Lipinski definition) is 1. The van der Waals surface area contributed by atoms with E-state index in [0.29, 0.717) is 0 Å². The third-order valence-electron chi connectivity index (χ3n) is 5.36. The highest BCUT2D eigenvalue weighted by Gasteiger charge is 2.44. The molecule has 3 rings (SSSR count). The van der Waals surface area contributed by atoms with Crippen LogP contribution < -0.4 is 0 Å². The molecule has 0 aromatic heterocycles. The molecule has 0 aromatic carbocycles. The summed E-state index contributed by atoms with van der Waals surface area (Å²) in [5, 5.41) is 10.6. The summed E-state index contributed by atoms with van der Waals surface area (Å²) in [4.78, 5) is 0. The van der Waals surface area contributed by atoms with Gasteiger partial charge in [0.05, 0.1) is 5.60 Å². The zero-order valence-corrected chi connectivity index (χ0v) is 9.91. The second kappa shape index (κ2) is 3.48. The molecular formula is C14H24O. The van der Waals surface area contributed by atoms with Crippen LogP contribution in [-0.2, 0) is 0 Å². The Balaban J connectivity index is 1.61. The maximum Gasteiger partial charge on any atom is 0.0653 e. The Hall–Kier alpha value is -0.0400. The second-order valence-corrected chi connectivity index (χ2v) is 6.71. The number of rotatable bonds is 2. The van der Waals surface area contributed by atoms with Crippen molar-refractivity contribution in [3.8, 4) is 0 Å². The minimum atomic E-state index is -0.269. The Kier molecular flexibility index (Phi) is 2.35. The van der Waals surface area contributed by atoms with Gasteiger partial charge in [-0.05, 0) is 68.6 Å². The van der Waals surface area contributed by atoms with Gasteiger partial charge in [0.1, 0.15) is 0 Å². The predicted octanol–water partition coefficient (Wildman–Crippen LogP) is 3.36. The maximum atomic E-state index is 10.6. The first-order valence-corrected chi connectivity index (χ1v) is 6.87. The molecule has 0 radical (unpaired) electrons. The van der Waals surface area contributed by atoms with E-state index >= 15 is 0 Å². The smallest absolute Gasteiger partial charge is 0.0653 e. The normalized spacial score (nSPS) is 54.0. The summed E-state index contributed by atoms with van der Waals surface area (Å²) >= 11 is 0. The molecule has 0 aromatic rings. The monoisotopic (exact) mass is 208 g/mol. The molecule has 0 amide bonds. The summed E-state index contributed by atoms with van der Waals surface area (Å²) in [6.45, 7) is 2.29. The van der Waals surface area contributed by atoms with Crippen molar-refractivity contribution in [2.24, 2.45) is 23.7 Å². The van der Waals surface area contributed by atoms with Crippen LogP contribution in [0.15, 0.2) is 0 Å². The Morgan fingerprint density at radius 2 is 2.07 bits per heavy atom. The molecule has 86 valence electrons. The molecule has 0 saturated heterocycles. The topological polar surface area (TPSA) is 20.2 Å².